The van der Waals surface area contributed by atoms with Gasteiger partial charge in [-0.05, 0) is 18.8 Å². The molecule has 2 bridgehead atoms. The topological polar surface area (TPSA) is 29.5 Å². The Morgan fingerprint density at radius 1 is 1.46 bits per heavy atom. The lowest BCUT2D eigenvalue weighted by atomic mass is 10.2. The molecule has 0 aromatic heterocycles. The summed E-state index contributed by atoms with van der Waals surface area (Å²) in [6.45, 7) is 3.79. The third-order valence-corrected chi connectivity index (χ3v) is 3.61. The molecule has 3 rings (SSSR count). The molecule has 0 aromatic carbocycles. The zero-order valence-corrected chi connectivity index (χ0v) is 7.90. The van der Waals surface area contributed by atoms with Crippen LogP contribution in [0.25, 0.3) is 0 Å². The first-order valence-corrected chi connectivity index (χ1v) is 5.18. The highest BCUT2D eigenvalue weighted by atomic mass is 16.5. The Labute approximate surface area is 78.0 Å². The standard InChI is InChI=1S/C10H15NO2/c1-6-2-9(6)10(12)11-4-8-3-7(11)5-13-8/h6-9H,2-5H2,1H3. The normalized spacial score (nSPS) is 47.0. The highest BCUT2D eigenvalue weighted by molar-refractivity contribution is 5.82. The minimum atomic E-state index is 0.347. The second-order valence-electron chi connectivity index (χ2n) is 4.65. The smallest absolute Gasteiger partial charge is 0.226 e. The van der Waals surface area contributed by atoms with Gasteiger partial charge in [0.15, 0.2) is 0 Å². The van der Waals surface area contributed by atoms with Crippen molar-refractivity contribution < 1.29 is 9.53 Å². The van der Waals surface area contributed by atoms with Crippen LogP contribution in [0.5, 0.6) is 0 Å². The first kappa shape index (κ1) is 7.80. The van der Waals surface area contributed by atoms with Crippen molar-refractivity contribution in [2.75, 3.05) is 13.2 Å². The Balaban J connectivity index is 1.69. The SMILES string of the molecule is CC1CC1C(=O)N1CC2CC1CO2. The van der Waals surface area contributed by atoms with Gasteiger partial charge in [0, 0.05) is 12.5 Å². The van der Waals surface area contributed by atoms with Gasteiger partial charge in [-0.15, -0.1) is 0 Å². The largest absolute Gasteiger partial charge is 0.374 e. The Kier molecular flexibility index (Phi) is 1.48. The first-order valence-electron chi connectivity index (χ1n) is 5.18. The first-order chi connectivity index (χ1) is 6.25. The van der Waals surface area contributed by atoms with E-state index in [1.54, 1.807) is 0 Å². The van der Waals surface area contributed by atoms with Crippen molar-refractivity contribution in [3.8, 4) is 0 Å². The van der Waals surface area contributed by atoms with Gasteiger partial charge < -0.3 is 9.64 Å². The van der Waals surface area contributed by atoms with Gasteiger partial charge >= 0.3 is 0 Å². The van der Waals surface area contributed by atoms with Gasteiger partial charge in [-0.25, -0.2) is 0 Å². The number of likely N-dealkylation sites (tertiary alicyclic amines) is 1. The van der Waals surface area contributed by atoms with Gasteiger partial charge in [-0.1, -0.05) is 6.92 Å². The fourth-order valence-corrected chi connectivity index (χ4v) is 2.55. The molecular weight excluding hydrogens is 166 g/mol. The molecule has 72 valence electrons. The Morgan fingerprint density at radius 3 is 2.69 bits per heavy atom. The third kappa shape index (κ3) is 1.10. The van der Waals surface area contributed by atoms with E-state index in [9.17, 15) is 4.79 Å². The summed E-state index contributed by atoms with van der Waals surface area (Å²) in [6, 6.07) is 0.408. The van der Waals surface area contributed by atoms with Crippen LogP contribution in [0.2, 0.25) is 0 Å². The van der Waals surface area contributed by atoms with Crippen LogP contribution in [0.4, 0.5) is 0 Å². The van der Waals surface area contributed by atoms with E-state index < -0.39 is 0 Å². The average Bonchev–Trinajstić information content (AvgIpc) is 2.62. The van der Waals surface area contributed by atoms with Crippen molar-refractivity contribution in [2.45, 2.75) is 31.9 Å². The molecule has 3 fully saturated rings. The summed E-state index contributed by atoms with van der Waals surface area (Å²) in [7, 11) is 0. The van der Waals surface area contributed by atoms with Gasteiger partial charge in [0.05, 0.1) is 18.8 Å². The number of amides is 1. The molecule has 0 radical (unpaired) electrons. The highest BCUT2D eigenvalue weighted by Gasteiger charge is 2.48. The van der Waals surface area contributed by atoms with Crippen molar-refractivity contribution in [1.82, 2.24) is 4.90 Å². The van der Waals surface area contributed by atoms with E-state index in [1.807, 2.05) is 0 Å². The third-order valence-electron chi connectivity index (χ3n) is 3.61. The van der Waals surface area contributed by atoms with E-state index >= 15 is 0 Å². The molecule has 4 atom stereocenters. The maximum absolute atomic E-state index is 11.9. The molecule has 13 heavy (non-hydrogen) atoms. The van der Waals surface area contributed by atoms with E-state index in [1.165, 1.54) is 0 Å². The highest BCUT2D eigenvalue weighted by Crippen LogP contribution is 2.41. The second-order valence-corrected chi connectivity index (χ2v) is 4.65. The van der Waals surface area contributed by atoms with Crippen molar-refractivity contribution in [1.29, 1.82) is 0 Å². The monoisotopic (exact) mass is 181 g/mol. The van der Waals surface area contributed by atoms with Crippen LogP contribution >= 0.6 is 0 Å². The van der Waals surface area contributed by atoms with Crippen LogP contribution in [0.3, 0.4) is 0 Å². The molecule has 0 spiro atoms. The summed E-state index contributed by atoms with van der Waals surface area (Å²) in [5, 5.41) is 0. The number of fused-ring (bicyclic) bond motifs is 2. The molecule has 2 aliphatic heterocycles. The number of nitrogens with zero attached hydrogens (tertiary/aromatic N) is 1. The van der Waals surface area contributed by atoms with Crippen LogP contribution in [-0.4, -0.2) is 36.1 Å². The van der Waals surface area contributed by atoms with Crippen molar-refractivity contribution >= 4 is 5.91 Å². The molecule has 3 aliphatic rings. The van der Waals surface area contributed by atoms with Crippen molar-refractivity contribution in [3.05, 3.63) is 0 Å². The Hall–Kier alpha value is -0.570. The predicted octanol–water partition coefficient (Wildman–Crippen LogP) is 0.642. The molecular formula is C10H15NO2. The van der Waals surface area contributed by atoms with Gasteiger partial charge in [0.25, 0.3) is 0 Å². The van der Waals surface area contributed by atoms with E-state index in [0.29, 0.717) is 29.9 Å². The quantitative estimate of drug-likeness (QED) is 0.594. The Bertz CT molecular complexity index is 253. The Morgan fingerprint density at radius 2 is 2.23 bits per heavy atom. The van der Waals surface area contributed by atoms with Gasteiger partial charge in [-0.2, -0.15) is 0 Å². The van der Waals surface area contributed by atoms with Crippen LogP contribution in [-0.2, 0) is 9.53 Å². The van der Waals surface area contributed by atoms with Gasteiger partial charge in [0.2, 0.25) is 5.91 Å². The molecule has 2 heterocycles. The van der Waals surface area contributed by atoms with Crippen LogP contribution < -0.4 is 0 Å². The van der Waals surface area contributed by atoms with Crippen molar-refractivity contribution in [2.24, 2.45) is 11.8 Å². The van der Waals surface area contributed by atoms with Gasteiger partial charge in [0.1, 0.15) is 0 Å². The number of hydrogen-bond acceptors (Lipinski definition) is 2. The molecule has 0 aromatic rings. The van der Waals surface area contributed by atoms with Crippen LogP contribution in [0.1, 0.15) is 19.8 Å². The number of ether oxygens (including phenoxy) is 1. The summed E-state index contributed by atoms with van der Waals surface area (Å²) < 4.78 is 5.47. The number of hydrogen-bond donors (Lipinski definition) is 0. The van der Waals surface area contributed by atoms with Crippen LogP contribution in [0.15, 0.2) is 0 Å². The fourth-order valence-electron chi connectivity index (χ4n) is 2.55. The number of morpholine rings is 1. The predicted molar refractivity (Wildman–Crippen MR) is 47.1 cm³/mol. The van der Waals surface area contributed by atoms with E-state index in [0.717, 1.165) is 26.0 Å². The molecule has 3 heteroatoms. The zero-order valence-electron chi connectivity index (χ0n) is 7.90. The molecule has 1 aliphatic carbocycles. The second kappa shape index (κ2) is 2.47. The van der Waals surface area contributed by atoms with E-state index in [-0.39, 0.29) is 0 Å². The lowest BCUT2D eigenvalue weighted by Crippen LogP contribution is -2.42. The summed E-state index contributed by atoms with van der Waals surface area (Å²) in [5.41, 5.74) is 0. The maximum Gasteiger partial charge on any atom is 0.226 e. The summed E-state index contributed by atoms with van der Waals surface area (Å²) in [6.07, 6.45) is 2.53. The molecule has 3 nitrogen and oxygen atoms in total. The zero-order chi connectivity index (χ0) is 9.00. The summed E-state index contributed by atoms with van der Waals surface area (Å²) >= 11 is 0. The lowest BCUT2D eigenvalue weighted by molar-refractivity contribution is -0.137. The van der Waals surface area contributed by atoms with E-state index in [2.05, 4.69) is 11.8 Å². The minimum absolute atomic E-state index is 0.347. The van der Waals surface area contributed by atoms with Crippen LogP contribution in [0, 0.1) is 11.8 Å². The molecule has 1 saturated carbocycles. The molecule has 0 N–H and O–H groups in total. The average molecular weight is 181 g/mol. The summed E-state index contributed by atoms with van der Waals surface area (Å²) in [4.78, 5) is 13.9. The number of carbonyl (C=O) groups is 1. The molecule has 2 saturated heterocycles. The minimum Gasteiger partial charge on any atom is -0.374 e. The number of rotatable bonds is 1. The lowest BCUT2D eigenvalue weighted by Gasteiger charge is -2.27. The number of carbonyl (C=O) groups excluding carboxylic acids is 1. The molecule has 1 amide bonds. The van der Waals surface area contributed by atoms with Crippen molar-refractivity contribution in [3.63, 3.8) is 0 Å². The fraction of sp³-hybridized carbons (Fsp3) is 0.900. The van der Waals surface area contributed by atoms with Gasteiger partial charge in [-0.3, -0.25) is 4.79 Å². The summed E-state index contributed by atoms with van der Waals surface area (Å²) in [5.74, 6) is 1.37. The van der Waals surface area contributed by atoms with E-state index in [4.69, 9.17) is 4.74 Å². The molecule has 4 unspecified atom stereocenters. The maximum atomic E-state index is 11.9.